The Bertz CT molecular complexity index is 512. The number of sulfonamides is 1. The lowest BCUT2D eigenvalue weighted by Crippen LogP contribution is -2.31. The first-order valence-electron chi connectivity index (χ1n) is 5.94. The zero-order valence-electron chi connectivity index (χ0n) is 10.6. The summed E-state index contributed by atoms with van der Waals surface area (Å²) in [4.78, 5) is 0.127. The minimum absolute atomic E-state index is 0.0548. The number of aliphatic hydroxyl groups is 1. The van der Waals surface area contributed by atoms with Gasteiger partial charge in [0.2, 0.25) is 10.0 Å². The van der Waals surface area contributed by atoms with E-state index in [2.05, 4.69) is 9.88 Å². The van der Waals surface area contributed by atoms with Gasteiger partial charge in [0.15, 0.2) is 5.76 Å². The highest BCUT2D eigenvalue weighted by Crippen LogP contribution is 2.48. The molecule has 1 aliphatic carbocycles. The topological polar surface area (TPSA) is 92.4 Å². The van der Waals surface area contributed by atoms with Gasteiger partial charge in [-0.15, -0.1) is 0 Å². The molecule has 0 aliphatic heterocycles. The van der Waals surface area contributed by atoms with Gasteiger partial charge in [-0.3, -0.25) is 0 Å². The van der Waals surface area contributed by atoms with E-state index in [9.17, 15) is 8.42 Å². The van der Waals surface area contributed by atoms with E-state index in [1.165, 1.54) is 0 Å². The zero-order valence-corrected chi connectivity index (χ0v) is 11.4. The van der Waals surface area contributed by atoms with Crippen molar-refractivity contribution < 1.29 is 18.0 Å². The van der Waals surface area contributed by atoms with Gasteiger partial charge in [0.1, 0.15) is 10.6 Å². The predicted molar refractivity (Wildman–Crippen MR) is 64.5 cm³/mol. The summed E-state index contributed by atoms with van der Waals surface area (Å²) in [7, 11) is -3.58. The Morgan fingerprint density at radius 1 is 1.44 bits per heavy atom. The van der Waals surface area contributed by atoms with Gasteiger partial charge in [0, 0.05) is 13.2 Å². The summed E-state index contributed by atoms with van der Waals surface area (Å²) in [5.41, 5.74) is 0.313. The molecule has 0 radical (unpaired) electrons. The van der Waals surface area contributed by atoms with Crippen molar-refractivity contribution in [2.24, 2.45) is 5.41 Å². The molecule has 0 unspecified atom stereocenters. The molecular formula is C11H18N2O4S. The van der Waals surface area contributed by atoms with Crippen molar-refractivity contribution in [2.75, 3.05) is 13.2 Å². The molecule has 1 fully saturated rings. The lowest BCUT2D eigenvalue weighted by molar-refractivity contribution is 0.249. The van der Waals surface area contributed by atoms with Crippen LogP contribution < -0.4 is 4.72 Å². The second kappa shape index (κ2) is 4.64. The minimum atomic E-state index is -3.58. The fourth-order valence-electron chi connectivity index (χ4n) is 2.11. The molecule has 0 spiro atoms. The molecule has 0 atom stereocenters. The summed E-state index contributed by atoms with van der Waals surface area (Å²) >= 11 is 0. The Labute approximate surface area is 106 Å². The normalized spacial score (nSPS) is 17.9. The van der Waals surface area contributed by atoms with Crippen LogP contribution in [0.4, 0.5) is 0 Å². The molecule has 1 heterocycles. The van der Waals surface area contributed by atoms with Crippen LogP contribution in [0.5, 0.6) is 0 Å². The molecule has 0 aromatic carbocycles. The van der Waals surface area contributed by atoms with Crippen LogP contribution in [0.1, 0.15) is 30.7 Å². The smallest absolute Gasteiger partial charge is 0.245 e. The number of hydrogen-bond donors (Lipinski definition) is 2. The number of nitrogens with one attached hydrogen (secondary N) is 1. The molecule has 1 saturated carbocycles. The molecule has 0 bridgehead atoms. The molecule has 18 heavy (non-hydrogen) atoms. The molecule has 2 N–H and O–H groups in total. The average Bonchev–Trinajstić information content (AvgIpc) is 2.97. The maximum atomic E-state index is 12.1. The van der Waals surface area contributed by atoms with E-state index in [1.54, 1.807) is 13.8 Å². The highest BCUT2D eigenvalue weighted by Gasteiger charge is 2.42. The molecule has 2 rings (SSSR count). The Kier molecular flexibility index (Phi) is 3.48. The monoisotopic (exact) mass is 274 g/mol. The van der Waals surface area contributed by atoms with Crippen molar-refractivity contribution in [3.8, 4) is 0 Å². The van der Waals surface area contributed by atoms with E-state index in [-0.39, 0.29) is 16.9 Å². The summed E-state index contributed by atoms with van der Waals surface area (Å²) in [6, 6.07) is 0. The first-order chi connectivity index (χ1) is 8.40. The second-order valence-electron chi connectivity index (χ2n) is 4.95. The molecule has 6 nitrogen and oxygen atoms in total. The van der Waals surface area contributed by atoms with E-state index < -0.39 is 10.0 Å². The van der Waals surface area contributed by atoms with Crippen LogP contribution in [0.3, 0.4) is 0 Å². The van der Waals surface area contributed by atoms with Gasteiger partial charge >= 0.3 is 0 Å². The summed E-state index contributed by atoms with van der Waals surface area (Å²) in [6.07, 6.45) is 2.55. The first-order valence-corrected chi connectivity index (χ1v) is 7.42. The van der Waals surface area contributed by atoms with E-state index in [0.717, 1.165) is 12.8 Å². The van der Waals surface area contributed by atoms with Crippen LogP contribution >= 0.6 is 0 Å². The minimum Gasteiger partial charge on any atom is -0.396 e. The molecule has 1 aromatic heterocycles. The number of aliphatic hydroxyl groups excluding tert-OH is 1. The predicted octanol–water partition coefficient (Wildman–Crippen LogP) is 0.732. The third-order valence-corrected chi connectivity index (χ3v) is 5.12. The SMILES string of the molecule is Cc1noc(C)c1S(=O)(=O)NCC1(CCO)CC1. The fourth-order valence-corrected chi connectivity index (χ4v) is 3.59. The zero-order chi connectivity index (χ0) is 13.4. The number of hydrogen-bond acceptors (Lipinski definition) is 5. The summed E-state index contributed by atoms with van der Waals surface area (Å²) in [5.74, 6) is 0.298. The Morgan fingerprint density at radius 2 is 2.11 bits per heavy atom. The Hall–Kier alpha value is -0.920. The Balaban J connectivity index is 2.09. The maximum absolute atomic E-state index is 12.1. The maximum Gasteiger partial charge on any atom is 0.245 e. The van der Waals surface area contributed by atoms with E-state index in [1.807, 2.05) is 0 Å². The third-order valence-electron chi connectivity index (χ3n) is 3.47. The molecular weight excluding hydrogens is 256 g/mol. The molecule has 0 amide bonds. The lowest BCUT2D eigenvalue weighted by atomic mass is 10.0. The van der Waals surface area contributed by atoms with Gasteiger partial charge < -0.3 is 9.63 Å². The van der Waals surface area contributed by atoms with Gasteiger partial charge in [-0.25, -0.2) is 13.1 Å². The summed E-state index contributed by atoms with van der Waals surface area (Å²) in [6.45, 7) is 3.63. The van der Waals surface area contributed by atoms with Crippen LogP contribution in [-0.2, 0) is 10.0 Å². The quantitative estimate of drug-likeness (QED) is 0.798. The molecule has 0 saturated heterocycles. The number of aromatic nitrogens is 1. The number of nitrogens with zero attached hydrogens (tertiary/aromatic N) is 1. The van der Waals surface area contributed by atoms with Crippen molar-refractivity contribution >= 4 is 10.0 Å². The molecule has 7 heteroatoms. The number of rotatable bonds is 6. The van der Waals surface area contributed by atoms with Crippen molar-refractivity contribution in [1.82, 2.24) is 9.88 Å². The van der Waals surface area contributed by atoms with E-state index in [0.29, 0.717) is 24.4 Å². The standard InChI is InChI=1S/C11H18N2O4S/c1-8-10(9(2)17-13-8)18(15,16)12-7-11(3-4-11)5-6-14/h12,14H,3-7H2,1-2H3. The third kappa shape index (κ3) is 2.57. The van der Waals surface area contributed by atoms with E-state index >= 15 is 0 Å². The van der Waals surface area contributed by atoms with Crippen molar-refractivity contribution in [3.63, 3.8) is 0 Å². The van der Waals surface area contributed by atoms with Crippen molar-refractivity contribution in [3.05, 3.63) is 11.5 Å². The highest BCUT2D eigenvalue weighted by molar-refractivity contribution is 7.89. The van der Waals surface area contributed by atoms with E-state index in [4.69, 9.17) is 9.63 Å². The molecule has 1 aromatic rings. The van der Waals surface area contributed by atoms with Crippen LogP contribution in [-0.4, -0.2) is 31.8 Å². The fraction of sp³-hybridized carbons (Fsp3) is 0.727. The van der Waals surface area contributed by atoms with Gasteiger partial charge in [0.05, 0.1) is 0 Å². The van der Waals surface area contributed by atoms with Gasteiger partial charge in [-0.2, -0.15) is 0 Å². The van der Waals surface area contributed by atoms with Crippen LogP contribution in [0.15, 0.2) is 9.42 Å². The lowest BCUT2D eigenvalue weighted by Gasteiger charge is -2.14. The summed E-state index contributed by atoms with van der Waals surface area (Å²) in [5, 5.41) is 12.6. The van der Waals surface area contributed by atoms with Crippen LogP contribution in [0.2, 0.25) is 0 Å². The van der Waals surface area contributed by atoms with Crippen molar-refractivity contribution in [1.29, 1.82) is 0 Å². The number of aryl methyl sites for hydroxylation is 2. The highest BCUT2D eigenvalue weighted by atomic mass is 32.2. The van der Waals surface area contributed by atoms with Crippen LogP contribution in [0, 0.1) is 19.3 Å². The molecule has 102 valence electrons. The van der Waals surface area contributed by atoms with Gasteiger partial charge in [-0.1, -0.05) is 5.16 Å². The largest absolute Gasteiger partial charge is 0.396 e. The van der Waals surface area contributed by atoms with Gasteiger partial charge in [0.25, 0.3) is 0 Å². The first kappa shape index (κ1) is 13.5. The second-order valence-corrected chi connectivity index (χ2v) is 6.66. The Morgan fingerprint density at radius 3 is 2.56 bits per heavy atom. The van der Waals surface area contributed by atoms with Crippen LogP contribution in [0.25, 0.3) is 0 Å². The molecule has 1 aliphatic rings. The van der Waals surface area contributed by atoms with Crippen molar-refractivity contribution in [2.45, 2.75) is 38.0 Å². The van der Waals surface area contributed by atoms with Gasteiger partial charge in [-0.05, 0) is 38.5 Å². The summed E-state index contributed by atoms with van der Waals surface area (Å²) < 4.78 is 31.7. The average molecular weight is 274 g/mol.